The second-order valence-corrected chi connectivity index (χ2v) is 10.8. The van der Waals surface area contributed by atoms with Crippen molar-refractivity contribution >= 4 is 23.6 Å². The molecule has 2 fully saturated rings. The van der Waals surface area contributed by atoms with Crippen molar-refractivity contribution in [2.75, 3.05) is 20.3 Å². The molecule has 2 aliphatic rings. The number of fused-ring (bicyclic) bond motifs is 1. The maximum atomic E-state index is 13.3. The summed E-state index contributed by atoms with van der Waals surface area (Å²) in [4.78, 5) is 53.6. The molecule has 3 rings (SSSR count). The Bertz CT molecular complexity index is 964. The molecule has 0 aliphatic carbocycles. The van der Waals surface area contributed by atoms with Crippen molar-refractivity contribution in [3.05, 3.63) is 35.9 Å². The number of ether oxygens (including phenoxy) is 3. The van der Waals surface area contributed by atoms with E-state index in [0.29, 0.717) is 19.4 Å². The third-order valence-electron chi connectivity index (χ3n) is 7.88. The minimum atomic E-state index is -1.21. The van der Waals surface area contributed by atoms with Gasteiger partial charge in [-0.3, -0.25) is 14.4 Å². The Kier molecular flexibility index (Phi) is 9.87. The average molecular weight is 516 g/mol. The summed E-state index contributed by atoms with van der Waals surface area (Å²) in [6.45, 7) is 7.04. The van der Waals surface area contributed by atoms with Gasteiger partial charge in [-0.15, -0.1) is 0 Å². The summed E-state index contributed by atoms with van der Waals surface area (Å²) in [5.41, 5.74) is 0.0240. The van der Waals surface area contributed by atoms with Crippen LogP contribution >= 0.6 is 0 Å². The number of esters is 1. The SMILES string of the molecule is COC1CCC(=O)C(C)C2N(CCCCc3ccccc3)C(=O)O[C@]2(C)COC(=O)C(C)C(=O)C(C)C1. The van der Waals surface area contributed by atoms with Crippen LogP contribution in [0.1, 0.15) is 65.4 Å². The molecule has 1 aromatic rings. The van der Waals surface area contributed by atoms with Crippen LogP contribution in [0, 0.1) is 17.8 Å². The number of benzene rings is 1. The fourth-order valence-corrected chi connectivity index (χ4v) is 5.59. The predicted octanol–water partition coefficient (Wildman–Crippen LogP) is 4.38. The second-order valence-electron chi connectivity index (χ2n) is 10.8. The number of carbonyl (C=O) groups is 4. The van der Waals surface area contributed by atoms with E-state index in [-0.39, 0.29) is 30.7 Å². The van der Waals surface area contributed by atoms with Crippen molar-refractivity contribution in [2.24, 2.45) is 17.8 Å². The minimum absolute atomic E-state index is 0.0124. The quantitative estimate of drug-likeness (QED) is 0.315. The van der Waals surface area contributed by atoms with Crippen molar-refractivity contribution in [1.82, 2.24) is 4.90 Å². The van der Waals surface area contributed by atoms with Gasteiger partial charge < -0.3 is 19.1 Å². The maximum Gasteiger partial charge on any atom is 0.410 e. The summed E-state index contributed by atoms with van der Waals surface area (Å²) < 4.78 is 16.9. The molecule has 0 N–H and O–H groups in total. The van der Waals surface area contributed by atoms with E-state index in [2.05, 4.69) is 12.1 Å². The van der Waals surface area contributed by atoms with Gasteiger partial charge in [-0.25, -0.2) is 4.79 Å². The predicted molar refractivity (Wildman–Crippen MR) is 138 cm³/mol. The highest BCUT2D eigenvalue weighted by atomic mass is 16.6. The van der Waals surface area contributed by atoms with Crippen LogP contribution in [0.2, 0.25) is 0 Å². The van der Waals surface area contributed by atoms with Crippen molar-refractivity contribution in [3.8, 4) is 0 Å². The first-order valence-electron chi connectivity index (χ1n) is 13.4. The van der Waals surface area contributed by atoms with Crippen molar-refractivity contribution in [2.45, 2.75) is 84.0 Å². The number of unbranched alkanes of at least 4 members (excludes halogenated alkanes) is 1. The van der Waals surface area contributed by atoms with Crippen molar-refractivity contribution in [3.63, 3.8) is 0 Å². The van der Waals surface area contributed by atoms with Gasteiger partial charge >= 0.3 is 12.1 Å². The highest BCUT2D eigenvalue weighted by Crippen LogP contribution is 2.37. The number of cyclic esters (lactones) is 1. The lowest BCUT2D eigenvalue weighted by Gasteiger charge is -2.35. The lowest BCUT2D eigenvalue weighted by molar-refractivity contribution is -0.158. The molecule has 1 amide bonds. The van der Waals surface area contributed by atoms with Gasteiger partial charge in [-0.05, 0) is 51.5 Å². The number of hydrogen-bond acceptors (Lipinski definition) is 7. The molecule has 1 aromatic carbocycles. The molecule has 2 heterocycles. The number of nitrogens with zero attached hydrogens (tertiary/aromatic N) is 1. The molecule has 0 aromatic heterocycles. The number of carbonyl (C=O) groups excluding carboxylic acids is 4. The summed E-state index contributed by atoms with van der Waals surface area (Å²) in [6.07, 6.45) is 2.85. The highest BCUT2D eigenvalue weighted by molar-refractivity contribution is 5.99. The Morgan fingerprint density at radius 2 is 1.76 bits per heavy atom. The fraction of sp³-hybridized carbons (Fsp3) is 0.655. The molecule has 0 radical (unpaired) electrons. The Balaban J connectivity index is 1.79. The number of methoxy groups -OCH3 is 1. The largest absolute Gasteiger partial charge is 0.461 e. The Hall–Kier alpha value is -2.74. The molecule has 0 saturated carbocycles. The molecule has 8 nitrogen and oxygen atoms in total. The zero-order valence-corrected chi connectivity index (χ0v) is 22.7. The van der Waals surface area contributed by atoms with Crippen LogP contribution in [0.4, 0.5) is 4.79 Å². The topological polar surface area (TPSA) is 99.2 Å². The van der Waals surface area contributed by atoms with Crippen LogP contribution < -0.4 is 0 Å². The smallest absolute Gasteiger partial charge is 0.410 e. The van der Waals surface area contributed by atoms with Gasteiger partial charge in [0.1, 0.15) is 24.1 Å². The summed E-state index contributed by atoms with van der Waals surface area (Å²) in [5, 5.41) is 0. The third-order valence-corrected chi connectivity index (χ3v) is 7.88. The van der Waals surface area contributed by atoms with Crippen molar-refractivity contribution < 1.29 is 33.4 Å². The van der Waals surface area contributed by atoms with E-state index >= 15 is 0 Å². The number of rotatable bonds is 6. The number of amides is 1. The number of ketones is 2. The van der Waals surface area contributed by atoms with Gasteiger partial charge in [0.2, 0.25) is 0 Å². The molecule has 204 valence electrons. The Morgan fingerprint density at radius 1 is 1.05 bits per heavy atom. The van der Waals surface area contributed by atoms with Crippen LogP contribution in [0.5, 0.6) is 0 Å². The van der Waals surface area contributed by atoms with Crippen LogP contribution in [0.3, 0.4) is 0 Å². The summed E-state index contributed by atoms with van der Waals surface area (Å²) in [6, 6.07) is 9.55. The maximum absolute atomic E-state index is 13.3. The molecule has 5 unspecified atom stereocenters. The van der Waals surface area contributed by atoms with E-state index in [1.165, 1.54) is 5.56 Å². The van der Waals surface area contributed by atoms with Crippen molar-refractivity contribution in [1.29, 1.82) is 0 Å². The fourth-order valence-electron chi connectivity index (χ4n) is 5.59. The van der Waals surface area contributed by atoms with E-state index in [1.54, 1.807) is 32.8 Å². The Morgan fingerprint density at radius 3 is 2.43 bits per heavy atom. The molecule has 8 heteroatoms. The normalized spacial score (nSPS) is 31.9. The summed E-state index contributed by atoms with van der Waals surface area (Å²) in [5.74, 6) is -2.78. The molecule has 37 heavy (non-hydrogen) atoms. The van der Waals surface area contributed by atoms with Gasteiger partial charge in [0, 0.05) is 31.9 Å². The van der Waals surface area contributed by atoms with Crippen LogP contribution in [-0.4, -0.2) is 66.5 Å². The van der Waals surface area contributed by atoms with Gasteiger partial charge in [0.15, 0.2) is 5.60 Å². The van der Waals surface area contributed by atoms with Gasteiger partial charge in [-0.2, -0.15) is 0 Å². The standard InChI is InChI=1S/C29H41NO7/c1-19-17-23(35-5)14-15-24(31)20(2)26-29(4,18-36-27(33)21(3)25(19)32)37-28(34)30(26)16-10-9-13-22-11-7-6-8-12-22/h6-8,11-12,19-21,23,26H,9-10,13-18H2,1-5H3/t19?,20?,21?,23?,26?,29-/m1/s1. The zero-order chi connectivity index (χ0) is 27.2. The third kappa shape index (κ3) is 6.98. The molecular formula is C29H41NO7. The average Bonchev–Trinajstić information content (AvgIpc) is 3.15. The van der Waals surface area contributed by atoms with Gasteiger partial charge in [0.25, 0.3) is 0 Å². The first kappa shape index (κ1) is 28.8. The molecule has 0 bridgehead atoms. The van der Waals surface area contributed by atoms with Crippen LogP contribution in [-0.2, 0) is 35.0 Å². The van der Waals surface area contributed by atoms with E-state index in [0.717, 1.165) is 19.3 Å². The van der Waals surface area contributed by atoms with Crippen LogP contribution in [0.15, 0.2) is 30.3 Å². The first-order valence-corrected chi connectivity index (χ1v) is 13.4. The zero-order valence-electron chi connectivity index (χ0n) is 22.7. The number of Topliss-reactive ketones (excluding diaryl/α,β-unsaturated/α-hetero) is 2. The molecule has 2 saturated heterocycles. The van der Waals surface area contributed by atoms with Gasteiger partial charge in [0.05, 0.1) is 12.1 Å². The van der Waals surface area contributed by atoms with E-state index in [1.807, 2.05) is 25.1 Å². The second kappa shape index (κ2) is 12.7. The lowest BCUT2D eigenvalue weighted by atomic mass is 9.82. The van der Waals surface area contributed by atoms with E-state index in [4.69, 9.17) is 14.2 Å². The number of hydrogen-bond donors (Lipinski definition) is 0. The minimum Gasteiger partial charge on any atom is -0.461 e. The van der Waals surface area contributed by atoms with Crippen LogP contribution in [0.25, 0.3) is 0 Å². The van der Waals surface area contributed by atoms with E-state index < -0.39 is 41.5 Å². The van der Waals surface area contributed by atoms with E-state index in [9.17, 15) is 19.2 Å². The monoisotopic (exact) mass is 515 g/mol. The van der Waals surface area contributed by atoms with Gasteiger partial charge in [-0.1, -0.05) is 44.2 Å². The molecule has 6 atom stereocenters. The Labute approximate surface area is 220 Å². The molecule has 2 aliphatic heterocycles. The molecule has 0 spiro atoms. The summed E-state index contributed by atoms with van der Waals surface area (Å²) >= 11 is 0. The molecular weight excluding hydrogens is 474 g/mol. The first-order chi connectivity index (χ1) is 17.6. The lowest BCUT2D eigenvalue weighted by Crippen LogP contribution is -2.53. The number of aryl methyl sites for hydroxylation is 1. The summed E-state index contributed by atoms with van der Waals surface area (Å²) in [7, 11) is 1.56. The highest BCUT2D eigenvalue weighted by Gasteiger charge is 2.55.